The summed E-state index contributed by atoms with van der Waals surface area (Å²) < 4.78 is 1.57. The first-order chi connectivity index (χ1) is 9.16. The number of rotatable bonds is 5. The number of para-hydroxylation sites is 1. The number of halogens is 1. The molecule has 0 saturated heterocycles. The fourth-order valence-electron chi connectivity index (χ4n) is 1.58. The van der Waals surface area contributed by atoms with Gasteiger partial charge in [0, 0.05) is 12.6 Å². The second kappa shape index (κ2) is 7.62. The predicted molar refractivity (Wildman–Crippen MR) is 79.2 cm³/mol. The summed E-state index contributed by atoms with van der Waals surface area (Å²) in [6.45, 7) is 2.44. The number of nitrogens with zero attached hydrogens (tertiary/aromatic N) is 3. The Labute approximate surface area is 123 Å². The Morgan fingerprint density at radius 2 is 2.10 bits per heavy atom. The van der Waals surface area contributed by atoms with Crippen LogP contribution in [0.4, 0.5) is 0 Å². The van der Waals surface area contributed by atoms with Gasteiger partial charge in [0.1, 0.15) is 0 Å². The molecule has 108 valence electrons. The molecule has 7 heteroatoms. The number of carbonyl (C=O) groups excluding carboxylic acids is 1. The Hall–Kier alpha value is -1.92. The average Bonchev–Trinajstić information content (AvgIpc) is 2.89. The number of aromatic nitrogens is 3. The Bertz CT molecular complexity index is 541. The van der Waals surface area contributed by atoms with E-state index in [9.17, 15) is 4.79 Å². The second-order valence-corrected chi connectivity index (χ2v) is 4.41. The summed E-state index contributed by atoms with van der Waals surface area (Å²) in [5.74, 6) is -0.233. The van der Waals surface area contributed by atoms with Gasteiger partial charge < -0.3 is 11.1 Å². The smallest absolute Gasteiger partial charge is 0.273 e. The van der Waals surface area contributed by atoms with Crippen molar-refractivity contribution in [3.8, 4) is 5.69 Å². The minimum atomic E-state index is -0.233. The molecule has 6 nitrogen and oxygen atoms in total. The van der Waals surface area contributed by atoms with Crippen molar-refractivity contribution < 1.29 is 4.79 Å². The first-order valence-electron chi connectivity index (χ1n) is 6.18. The molecule has 20 heavy (non-hydrogen) atoms. The van der Waals surface area contributed by atoms with Crippen molar-refractivity contribution >= 4 is 18.3 Å². The van der Waals surface area contributed by atoms with Crippen LogP contribution >= 0.6 is 12.4 Å². The predicted octanol–water partition coefficient (Wildman–Crippen LogP) is 1.16. The lowest BCUT2D eigenvalue weighted by Gasteiger charge is -2.05. The molecule has 1 aromatic carbocycles. The van der Waals surface area contributed by atoms with Crippen molar-refractivity contribution in [2.75, 3.05) is 6.54 Å². The van der Waals surface area contributed by atoms with Gasteiger partial charge in [0.05, 0.1) is 11.9 Å². The van der Waals surface area contributed by atoms with Crippen LogP contribution in [0.2, 0.25) is 0 Å². The van der Waals surface area contributed by atoms with Gasteiger partial charge in [-0.3, -0.25) is 4.79 Å². The molecule has 0 fully saturated rings. The SMILES string of the molecule is CC(N)CCNC(=O)c1cn(-c2ccccc2)nn1.Cl. The highest BCUT2D eigenvalue weighted by molar-refractivity contribution is 5.91. The Morgan fingerprint density at radius 1 is 1.40 bits per heavy atom. The van der Waals surface area contributed by atoms with E-state index >= 15 is 0 Å². The molecule has 0 aliphatic carbocycles. The van der Waals surface area contributed by atoms with Gasteiger partial charge >= 0.3 is 0 Å². The van der Waals surface area contributed by atoms with Crippen LogP contribution in [0, 0.1) is 0 Å². The first-order valence-corrected chi connectivity index (χ1v) is 6.18. The molecule has 2 rings (SSSR count). The molecule has 1 unspecified atom stereocenters. The molecule has 0 aliphatic heterocycles. The topological polar surface area (TPSA) is 85.8 Å². The fraction of sp³-hybridized carbons (Fsp3) is 0.308. The van der Waals surface area contributed by atoms with E-state index in [-0.39, 0.29) is 24.4 Å². The van der Waals surface area contributed by atoms with Crippen LogP contribution in [0.15, 0.2) is 36.5 Å². The number of amides is 1. The van der Waals surface area contributed by atoms with Crippen LogP contribution < -0.4 is 11.1 Å². The average molecular weight is 296 g/mol. The zero-order valence-electron chi connectivity index (χ0n) is 11.2. The third-order valence-electron chi connectivity index (χ3n) is 2.63. The van der Waals surface area contributed by atoms with Gasteiger partial charge in [-0.05, 0) is 25.5 Å². The summed E-state index contributed by atoms with van der Waals surface area (Å²) in [5.41, 5.74) is 6.78. The highest BCUT2D eigenvalue weighted by atomic mass is 35.5. The van der Waals surface area contributed by atoms with Crippen LogP contribution in [0.1, 0.15) is 23.8 Å². The largest absolute Gasteiger partial charge is 0.351 e. The van der Waals surface area contributed by atoms with Gasteiger partial charge in [-0.25, -0.2) is 4.68 Å². The molecule has 0 spiro atoms. The van der Waals surface area contributed by atoms with Gasteiger partial charge in [-0.15, -0.1) is 17.5 Å². The summed E-state index contributed by atoms with van der Waals surface area (Å²) in [6.07, 6.45) is 2.34. The maximum absolute atomic E-state index is 11.8. The van der Waals surface area contributed by atoms with Crippen LogP contribution in [-0.2, 0) is 0 Å². The molecule has 2 aromatic rings. The number of carbonyl (C=O) groups is 1. The van der Waals surface area contributed by atoms with Gasteiger partial charge in [-0.1, -0.05) is 23.4 Å². The number of hydrogen-bond donors (Lipinski definition) is 2. The van der Waals surface area contributed by atoms with Crippen LogP contribution in [0.3, 0.4) is 0 Å². The summed E-state index contributed by atoms with van der Waals surface area (Å²) >= 11 is 0. The molecule has 1 heterocycles. The maximum Gasteiger partial charge on any atom is 0.273 e. The molecule has 1 amide bonds. The Kier molecular flexibility index (Phi) is 6.14. The number of nitrogens with one attached hydrogen (secondary N) is 1. The van der Waals surface area contributed by atoms with Crippen molar-refractivity contribution in [3.63, 3.8) is 0 Å². The summed E-state index contributed by atoms with van der Waals surface area (Å²) in [6, 6.07) is 9.58. The standard InChI is InChI=1S/C13H17N5O.ClH/c1-10(14)7-8-15-13(19)12-9-18(17-16-12)11-5-3-2-4-6-11;/h2-6,9-10H,7-8,14H2,1H3,(H,15,19);1H. The third-order valence-corrected chi connectivity index (χ3v) is 2.63. The zero-order valence-corrected chi connectivity index (χ0v) is 12.0. The van der Waals surface area contributed by atoms with E-state index in [1.807, 2.05) is 37.3 Å². The third kappa shape index (κ3) is 4.32. The number of hydrogen-bond acceptors (Lipinski definition) is 4. The highest BCUT2D eigenvalue weighted by Crippen LogP contribution is 2.05. The molecule has 0 radical (unpaired) electrons. The lowest BCUT2D eigenvalue weighted by atomic mass is 10.2. The van der Waals surface area contributed by atoms with E-state index in [1.54, 1.807) is 10.9 Å². The van der Waals surface area contributed by atoms with Gasteiger partial charge in [0.25, 0.3) is 5.91 Å². The maximum atomic E-state index is 11.8. The molecule has 1 aromatic heterocycles. The van der Waals surface area contributed by atoms with E-state index in [0.717, 1.165) is 12.1 Å². The Balaban J connectivity index is 0.00000200. The van der Waals surface area contributed by atoms with Crippen molar-refractivity contribution in [2.24, 2.45) is 5.73 Å². The highest BCUT2D eigenvalue weighted by Gasteiger charge is 2.10. The molecule has 1 atom stereocenters. The lowest BCUT2D eigenvalue weighted by molar-refractivity contribution is 0.0947. The monoisotopic (exact) mass is 295 g/mol. The van der Waals surface area contributed by atoms with Crippen LogP contribution in [-0.4, -0.2) is 33.5 Å². The molecular formula is C13H18ClN5O. The van der Waals surface area contributed by atoms with Crippen LogP contribution in [0.5, 0.6) is 0 Å². The zero-order chi connectivity index (χ0) is 13.7. The van der Waals surface area contributed by atoms with Crippen molar-refractivity contribution in [1.29, 1.82) is 0 Å². The van der Waals surface area contributed by atoms with E-state index in [4.69, 9.17) is 5.73 Å². The van der Waals surface area contributed by atoms with Crippen molar-refractivity contribution in [1.82, 2.24) is 20.3 Å². The summed E-state index contributed by atoms with van der Waals surface area (Å²) in [5, 5.41) is 10.6. The first kappa shape index (κ1) is 16.1. The molecule has 0 saturated carbocycles. The van der Waals surface area contributed by atoms with Gasteiger partial charge in [-0.2, -0.15) is 0 Å². The van der Waals surface area contributed by atoms with E-state index < -0.39 is 0 Å². The summed E-state index contributed by atoms with van der Waals surface area (Å²) in [4.78, 5) is 11.8. The second-order valence-electron chi connectivity index (χ2n) is 4.41. The lowest BCUT2D eigenvalue weighted by Crippen LogP contribution is -2.29. The van der Waals surface area contributed by atoms with Gasteiger partial charge in [0.15, 0.2) is 5.69 Å². The van der Waals surface area contributed by atoms with Crippen molar-refractivity contribution in [2.45, 2.75) is 19.4 Å². The minimum Gasteiger partial charge on any atom is -0.351 e. The molecular weight excluding hydrogens is 278 g/mol. The van der Waals surface area contributed by atoms with E-state index in [0.29, 0.717) is 12.2 Å². The molecule has 3 N–H and O–H groups in total. The molecule has 0 aliphatic rings. The van der Waals surface area contributed by atoms with E-state index in [2.05, 4.69) is 15.6 Å². The van der Waals surface area contributed by atoms with E-state index in [1.165, 1.54) is 0 Å². The van der Waals surface area contributed by atoms with Crippen LogP contribution in [0.25, 0.3) is 5.69 Å². The minimum absolute atomic E-state index is 0. The van der Waals surface area contributed by atoms with Gasteiger partial charge in [0.2, 0.25) is 0 Å². The Morgan fingerprint density at radius 3 is 2.75 bits per heavy atom. The fourth-order valence-corrected chi connectivity index (χ4v) is 1.58. The normalized spacial score (nSPS) is 11.5. The molecule has 0 bridgehead atoms. The number of benzene rings is 1. The quantitative estimate of drug-likeness (QED) is 0.866. The number of nitrogens with two attached hydrogens (primary N) is 1. The summed E-state index contributed by atoms with van der Waals surface area (Å²) in [7, 11) is 0. The van der Waals surface area contributed by atoms with Crippen molar-refractivity contribution in [3.05, 3.63) is 42.2 Å².